The zero-order valence-electron chi connectivity index (χ0n) is 9.23. The highest BCUT2D eigenvalue weighted by Crippen LogP contribution is 2.23. The van der Waals surface area contributed by atoms with E-state index in [-0.39, 0.29) is 5.76 Å². The second kappa shape index (κ2) is 4.23. The average molecular weight is 214 g/mol. The predicted molar refractivity (Wildman–Crippen MR) is 63.3 cm³/mol. The van der Waals surface area contributed by atoms with Gasteiger partial charge in [0.1, 0.15) is 5.76 Å². The molecule has 1 radical (unpaired) electrons. The molecule has 0 bridgehead atoms. The SMILES string of the molecule is CN(C)c1ccc(-c2ccc([C]=O)o2)cc1. The van der Waals surface area contributed by atoms with E-state index in [4.69, 9.17) is 4.42 Å². The van der Waals surface area contributed by atoms with E-state index in [0.717, 1.165) is 11.3 Å². The van der Waals surface area contributed by atoms with Crippen molar-refractivity contribution in [2.75, 3.05) is 19.0 Å². The number of hydrogen-bond acceptors (Lipinski definition) is 3. The Morgan fingerprint density at radius 2 is 1.75 bits per heavy atom. The van der Waals surface area contributed by atoms with Crippen LogP contribution in [-0.4, -0.2) is 20.4 Å². The van der Waals surface area contributed by atoms with Crippen LogP contribution in [0.4, 0.5) is 5.69 Å². The van der Waals surface area contributed by atoms with Crippen molar-refractivity contribution in [2.45, 2.75) is 0 Å². The smallest absolute Gasteiger partial charge is 0.271 e. The van der Waals surface area contributed by atoms with Gasteiger partial charge in [0.05, 0.1) is 0 Å². The molecule has 3 heteroatoms. The van der Waals surface area contributed by atoms with Crippen LogP contribution < -0.4 is 4.90 Å². The minimum atomic E-state index is 0.228. The summed E-state index contributed by atoms with van der Waals surface area (Å²) in [5.74, 6) is 0.912. The highest BCUT2D eigenvalue weighted by atomic mass is 16.3. The summed E-state index contributed by atoms with van der Waals surface area (Å²) in [6.45, 7) is 0. The molecule has 2 rings (SSSR count). The molecule has 0 aliphatic rings. The van der Waals surface area contributed by atoms with Gasteiger partial charge in [0, 0.05) is 25.3 Å². The van der Waals surface area contributed by atoms with Gasteiger partial charge < -0.3 is 9.32 Å². The minimum Gasteiger partial charge on any atom is -0.452 e. The maximum absolute atomic E-state index is 10.4. The molecule has 0 N–H and O–H groups in total. The van der Waals surface area contributed by atoms with E-state index >= 15 is 0 Å². The van der Waals surface area contributed by atoms with Gasteiger partial charge in [-0.1, -0.05) is 0 Å². The van der Waals surface area contributed by atoms with Gasteiger partial charge in [-0.25, -0.2) is 0 Å². The van der Waals surface area contributed by atoms with E-state index < -0.39 is 0 Å². The van der Waals surface area contributed by atoms with Crippen LogP contribution in [0.15, 0.2) is 40.8 Å². The molecule has 1 aromatic heterocycles. The largest absolute Gasteiger partial charge is 0.452 e. The molecular weight excluding hydrogens is 202 g/mol. The molecule has 0 unspecified atom stereocenters. The van der Waals surface area contributed by atoms with Crippen molar-refractivity contribution in [1.29, 1.82) is 0 Å². The first-order chi connectivity index (χ1) is 7.70. The van der Waals surface area contributed by atoms with Crippen LogP contribution in [0.2, 0.25) is 0 Å². The van der Waals surface area contributed by atoms with E-state index in [1.807, 2.05) is 43.3 Å². The van der Waals surface area contributed by atoms with Gasteiger partial charge in [-0.05, 0) is 36.4 Å². The molecule has 2 aromatic rings. The van der Waals surface area contributed by atoms with Crippen LogP contribution in [0.5, 0.6) is 0 Å². The van der Waals surface area contributed by atoms with Gasteiger partial charge in [0.2, 0.25) is 0 Å². The second-order valence-corrected chi connectivity index (χ2v) is 3.71. The molecule has 0 saturated heterocycles. The van der Waals surface area contributed by atoms with Crippen molar-refractivity contribution in [3.05, 3.63) is 42.2 Å². The molecule has 0 fully saturated rings. The third-order valence-electron chi connectivity index (χ3n) is 2.37. The van der Waals surface area contributed by atoms with E-state index in [1.165, 1.54) is 0 Å². The fourth-order valence-electron chi connectivity index (χ4n) is 1.47. The van der Waals surface area contributed by atoms with Gasteiger partial charge in [-0.15, -0.1) is 0 Å². The van der Waals surface area contributed by atoms with Crippen molar-refractivity contribution in [1.82, 2.24) is 0 Å². The number of rotatable bonds is 3. The Bertz CT molecular complexity index is 483. The lowest BCUT2D eigenvalue weighted by Gasteiger charge is -2.11. The number of furan rings is 1. The van der Waals surface area contributed by atoms with Crippen molar-refractivity contribution in [3.63, 3.8) is 0 Å². The molecule has 0 atom stereocenters. The lowest BCUT2D eigenvalue weighted by molar-refractivity contribution is 0.525. The summed E-state index contributed by atoms with van der Waals surface area (Å²) >= 11 is 0. The summed E-state index contributed by atoms with van der Waals surface area (Å²) in [4.78, 5) is 12.4. The molecule has 1 aromatic carbocycles. The van der Waals surface area contributed by atoms with Crippen LogP contribution in [0.25, 0.3) is 11.3 Å². The number of nitrogens with zero attached hydrogens (tertiary/aromatic N) is 1. The van der Waals surface area contributed by atoms with Gasteiger partial charge in [0.25, 0.3) is 6.29 Å². The molecule has 0 amide bonds. The Kier molecular flexibility index (Phi) is 2.77. The maximum Gasteiger partial charge on any atom is 0.271 e. The van der Waals surface area contributed by atoms with Crippen molar-refractivity contribution in [2.24, 2.45) is 0 Å². The van der Waals surface area contributed by atoms with E-state index in [9.17, 15) is 4.79 Å². The molecule has 3 nitrogen and oxygen atoms in total. The van der Waals surface area contributed by atoms with E-state index in [1.54, 1.807) is 18.4 Å². The minimum absolute atomic E-state index is 0.228. The van der Waals surface area contributed by atoms with Crippen LogP contribution in [0.1, 0.15) is 5.76 Å². The molecule has 81 valence electrons. The standard InChI is InChI=1S/C13H12NO2/c1-14(2)11-5-3-10(4-6-11)13-8-7-12(9-15)16-13/h3-8H,1-2H3. The normalized spacial score (nSPS) is 10.1. The molecule has 0 spiro atoms. The molecule has 16 heavy (non-hydrogen) atoms. The molecule has 0 aliphatic carbocycles. The number of benzene rings is 1. The molecule has 1 heterocycles. The van der Waals surface area contributed by atoms with Crippen molar-refractivity contribution < 1.29 is 9.21 Å². The first-order valence-electron chi connectivity index (χ1n) is 4.96. The Morgan fingerprint density at radius 1 is 1.06 bits per heavy atom. The van der Waals surface area contributed by atoms with Crippen LogP contribution in [0, 0.1) is 0 Å². The summed E-state index contributed by atoms with van der Waals surface area (Å²) in [6, 6.07) is 11.3. The summed E-state index contributed by atoms with van der Waals surface area (Å²) < 4.78 is 5.28. The van der Waals surface area contributed by atoms with Gasteiger partial charge in [0.15, 0.2) is 5.76 Å². The lowest BCUT2D eigenvalue weighted by atomic mass is 10.1. The molecule has 0 aliphatic heterocycles. The van der Waals surface area contributed by atoms with Gasteiger partial charge in [-0.2, -0.15) is 0 Å². The number of hydrogen-bond donors (Lipinski definition) is 0. The van der Waals surface area contributed by atoms with Crippen molar-refractivity contribution >= 4 is 12.0 Å². The fourth-order valence-corrected chi connectivity index (χ4v) is 1.47. The van der Waals surface area contributed by atoms with E-state index in [0.29, 0.717) is 5.76 Å². The lowest BCUT2D eigenvalue weighted by Crippen LogP contribution is -2.07. The second-order valence-electron chi connectivity index (χ2n) is 3.71. The third-order valence-corrected chi connectivity index (χ3v) is 2.37. The van der Waals surface area contributed by atoms with Gasteiger partial charge in [-0.3, -0.25) is 4.79 Å². The van der Waals surface area contributed by atoms with Crippen LogP contribution in [-0.2, 0) is 4.79 Å². The quantitative estimate of drug-likeness (QED) is 0.787. The Balaban J connectivity index is 2.30. The number of carbonyl (C=O) groups excluding carboxylic acids is 1. The molecular formula is C13H12NO2. The topological polar surface area (TPSA) is 33.5 Å². The third kappa shape index (κ3) is 1.98. The monoisotopic (exact) mass is 214 g/mol. The van der Waals surface area contributed by atoms with Crippen LogP contribution >= 0.6 is 0 Å². The van der Waals surface area contributed by atoms with Crippen LogP contribution in [0.3, 0.4) is 0 Å². The van der Waals surface area contributed by atoms with E-state index in [2.05, 4.69) is 0 Å². The summed E-state index contributed by atoms with van der Waals surface area (Å²) in [5.41, 5.74) is 2.07. The highest BCUT2D eigenvalue weighted by Gasteiger charge is 2.04. The first-order valence-corrected chi connectivity index (χ1v) is 4.96. The zero-order valence-corrected chi connectivity index (χ0v) is 9.23. The Hall–Kier alpha value is -2.03. The van der Waals surface area contributed by atoms with Gasteiger partial charge >= 0.3 is 0 Å². The Morgan fingerprint density at radius 3 is 2.25 bits per heavy atom. The average Bonchev–Trinajstić information content (AvgIpc) is 2.77. The predicted octanol–water partition coefficient (Wildman–Crippen LogP) is 2.47. The molecule has 0 saturated carbocycles. The Labute approximate surface area is 94.3 Å². The van der Waals surface area contributed by atoms with Crippen molar-refractivity contribution in [3.8, 4) is 11.3 Å². The first kappa shape index (κ1) is 10.5. The highest BCUT2D eigenvalue weighted by molar-refractivity contribution is 5.73. The summed E-state index contributed by atoms with van der Waals surface area (Å²) in [7, 11) is 3.97. The fraction of sp³-hybridized carbons (Fsp3) is 0.154. The summed E-state index contributed by atoms with van der Waals surface area (Å²) in [6.07, 6.45) is 1.72. The summed E-state index contributed by atoms with van der Waals surface area (Å²) in [5, 5.41) is 0. The maximum atomic E-state index is 10.4. The number of anilines is 1. The zero-order chi connectivity index (χ0) is 11.5.